The summed E-state index contributed by atoms with van der Waals surface area (Å²) in [5.74, 6) is -4.11. The molecule has 1 N–H and O–H groups in total. The van der Waals surface area contributed by atoms with Crippen LogP contribution in [0.25, 0.3) is 0 Å². The third kappa shape index (κ3) is 2.64. The Labute approximate surface area is 98.2 Å². The predicted octanol–water partition coefficient (Wildman–Crippen LogP) is 0.514. The molecule has 1 unspecified atom stereocenters. The van der Waals surface area contributed by atoms with Crippen molar-refractivity contribution in [3.05, 3.63) is 11.3 Å². The van der Waals surface area contributed by atoms with Crippen LogP contribution in [0.15, 0.2) is 11.3 Å². The summed E-state index contributed by atoms with van der Waals surface area (Å²) in [5, 5.41) is 9.46. The maximum absolute atomic E-state index is 11.5. The van der Waals surface area contributed by atoms with Crippen molar-refractivity contribution in [2.75, 3.05) is 13.2 Å². The van der Waals surface area contributed by atoms with Gasteiger partial charge in [0, 0.05) is 6.42 Å². The highest BCUT2D eigenvalue weighted by Gasteiger charge is 2.42. The number of aliphatic hydroxyl groups is 1. The molecule has 94 valence electrons. The molecule has 0 aromatic carbocycles. The Kier molecular flexibility index (Phi) is 4.25. The van der Waals surface area contributed by atoms with Crippen molar-refractivity contribution >= 4 is 17.7 Å². The number of hydrogen-bond acceptors (Lipinski definition) is 6. The molecular weight excluding hydrogens is 228 g/mol. The Hall–Kier alpha value is -1.85. The van der Waals surface area contributed by atoms with E-state index < -0.39 is 29.4 Å². The molecule has 0 saturated carbocycles. The summed E-state index contributed by atoms with van der Waals surface area (Å²) < 4.78 is 9.35. The third-order valence-corrected chi connectivity index (χ3v) is 2.34. The Balaban J connectivity index is 2.81. The number of esters is 2. The minimum atomic E-state index is -1.13. The molecule has 0 bridgehead atoms. The van der Waals surface area contributed by atoms with Gasteiger partial charge in [-0.25, -0.2) is 4.79 Å². The quantitative estimate of drug-likeness (QED) is 0.570. The maximum atomic E-state index is 11.5. The number of carbonyl (C=O) groups excluding carboxylic acids is 3. The lowest BCUT2D eigenvalue weighted by molar-refractivity contribution is -0.150. The first kappa shape index (κ1) is 13.2. The van der Waals surface area contributed by atoms with E-state index in [1.54, 1.807) is 13.8 Å². The summed E-state index contributed by atoms with van der Waals surface area (Å²) in [6.45, 7) is 3.48. The fraction of sp³-hybridized carbons (Fsp3) is 0.545. The van der Waals surface area contributed by atoms with Crippen molar-refractivity contribution in [3.8, 4) is 0 Å². The summed E-state index contributed by atoms with van der Waals surface area (Å²) in [5.41, 5.74) is -0.157. The van der Waals surface area contributed by atoms with Crippen LogP contribution in [0.2, 0.25) is 0 Å². The Morgan fingerprint density at radius 1 is 1.29 bits per heavy atom. The van der Waals surface area contributed by atoms with Crippen molar-refractivity contribution in [2.45, 2.75) is 20.3 Å². The van der Waals surface area contributed by atoms with Crippen LogP contribution in [-0.2, 0) is 23.9 Å². The van der Waals surface area contributed by atoms with Crippen molar-refractivity contribution in [3.63, 3.8) is 0 Å². The number of hydrogen-bond donors (Lipinski definition) is 1. The first-order chi connectivity index (χ1) is 8.02. The first-order valence-corrected chi connectivity index (χ1v) is 5.32. The van der Waals surface area contributed by atoms with E-state index in [0.29, 0.717) is 0 Å². The fourth-order valence-corrected chi connectivity index (χ4v) is 1.54. The smallest absolute Gasteiger partial charge is 0.337 e. The van der Waals surface area contributed by atoms with Gasteiger partial charge in [-0.2, -0.15) is 0 Å². The fourth-order valence-electron chi connectivity index (χ4n) is 1.54. The highest BCUT2D eigenvalue weighted by Crippen LogP contribution is 2.28. The number of rotatable bonds is 4. The molecule has 0 saturated heterocycles. The Morgan fingerprint density at radius 3 is 2.41 bits per heavy atom. The van der Waals surface area contributed by atoms with E-state index in [4.69, 9.17) is 0 Å². The number of ether oxygens (including phenoxy) is 2. The molecule has 1 aliphatic rings. The van der Waals surface area contributed by atoms with E-state index in [-0.39, 0.29) is 25.2 Å². The molecule has 0 spiro atoms. The van der Waals surface area contributed by atoms with E-state index in [0.717, 1.165) is 0 Å². The van der Waals surface area contributed by atoms with E-state index >= 15 is 0 Å². The van der Waals surface area contributed by atoms with Crippen LogP contribution in [0, 0.1) is 5.92 Å². The van der Waals surface area contributed by atoms with Gasteiger partial charge < -0.3 is 14.6 Å². The summed E-state index contributed by atoms with van der Waals surface area (Å²) in [7, 11) is 0. The Bertz CT molecular complexity index is 381. The molecule has 1 aliphatic carbocycles. The zero-order valence-corrected chi connectivity index (χ0v) is 9.69. The van der Waals surface area contributed by atoms with Crippen molar-refractivity contribution in [1.82, 2.24) is 0 Å². The molecule has 6 heteroatoms. The van der Waals surface area contributed by atoms with Gasteiger partial charge in [0.2, 0.25) is 5.78 Å². The summed E-state index contributed by atoms with van der Waals surface area (Å²) >= 11 is 0. The lowest BCUT2D eigenvalue weighted by atomic mass is 10.1. The molecule has 0 radical (unpaired) electrons. The molecular formula is C11H14O6. The number of aliphatic hydroxyl groups excluding tert-OH is 1. The largest absolute Gasteiger partial charge is 0.504 e. The van der Waals surface area contributed by atoms with E-state index in [9.17, 15) is 19.5 Å². The number of carbonyl (C=O) groups is 3. The van der Waals surface area contributed by atoms with Gasteiger partial charge >= 0.3 is 11.9 Å². The highest BCUT2D eigenvalue weighted by molar-refractivity contribution is 6.14. The van der Waals surface area contributed by atoms with Gasteiger partial charge in [0.15, 0.2) is 5.76 Å². The number of Topliss-reactive ketones (excluding diaryl/α,β-unsaturated/α-hetero) is 1. The molecule has 0 heterocycles. The molecule has 1 rings (SSSR count). The standard InChI is InChI=1S/C11H14O6/c1-3-16-10(14)6-5-7(9(13)8(6)12)11(15)17-4-2/h6,13H,3-5H2,1-2H3. The van der Waals surface area contributed by atoms with E-state index in [1.807, 2.05) is 0 Å². The average Bonchev–Trinajstić information content (AvgIpc) is 2.57. The van der Waals surface area contributed by atoms with Crippen LogP contribution in [0.1, 0.15) is 20.3 Å². The van der Waals surface area contributed by atoms with Crippen LogP contribution >= 0.6 is 0 Å². The molecule has 0 aliphatic heterocycles. The minimum absolute atomic E-state index is 0.133. The summed E-state index contributed by atoms with van der Waals surface area (Å²) in [4.78, 5) is 34.3. The topological polar surface area (TPSA) is 89.9 Å². The minimum Gasteiger partial charge on any atom is -0.504 e. The molecule has 6 nitrogen and oxygen atoms in total. The van der Waals surface area contributed by atoms with Crippen LogP contribution in [0.3, 0.4) is 0 Å². The maximum Gasteiger partial charge on any atom is 0.337 e. The van der Waals surface area contributed by atoms with E-state index in [2.05, 4.69) is 9.47 Å². The van der Waals surface area contributed by atoms with Gasteiger partial charge in [-0.05, 0) is 13.8 Å². The van der Waals surface area contributed by atoms with Gasteiger partial charge in [0.05, 0.1) is 18.8 Å². The second kappa shape index (κ2) is 5.47. The lowest BCUT2D eigenvalue weighted by Crippen LogP contribution is -2.23. The molecule has 0 fully saturated rings. The SMILES string of the molecule is CCOC(=O)C1=C(O)C(=O)C(C(=O)OCC)C1. The normalized spacial score (nSPS) is 19.4. The number of ketones is 1. The van der Waals surface area contributed by atoms with Gasteiger partial charge in [0.25, 0.3) is 0 Å². The first-order valence-electron chi connectivity index (χ1n) is 5.32. The van der Waals surface area contributed by atoms with Crippen LogP contribution in [-0.4, -0.2) is 36.0 Å². The van der Waals surface area contributed by atoms with E-state index in [1.165, 1.54) is 0 Å². The van der Waals surface area contributed by atoms with Crippen LogP contribution in [0.5, 0.6) is 0 Å². The van der Waals surface area contributed by atoms with Crippen molar-refractivity contribution in [1.29, 1.82) is 0 Å². The van der Waals surface area contributed by atoms with Gasteiger partial charge in [-0.15, -0.1) is 0 Å². The Morgan fingerprint density at radius 2 is 1.88 bits per heavy atom. The van der Waals surface area contributed by atoms with Crippen LogP contribution < -0.4 is 0 Å². The van der Waals surface area contributed by atoms with Crippen molar-refractivity contribution in [2.24, 2.45) is 5.92 Å². The zero-order chi connectivity index (χ0) is 13.0. The summed E-state index contributed by atoms with van der Waals surface area (Å²) in [6, 6.07) is 0. The van der Waals surface area contributed by atoms with Gasteiger partial charge in [0.1, 0.15) is 5.92 Å². The highest BCUT2D eigenvalue weighted by atomic mass is 16.5. The second-order valence-electron chi connectivity index (χ2n) is 3.42. The average molecular weight is 242 g/mol. The van der Waals surface area contributed by atoms with Crippen LogP contribution in [0.4, 0.5) is 0 Å². The monoisotopic (exact) mass is 242 g/mol. The summed E-state index contributed by atoms with van der Waals surface area (Å²) in [6.07, 6.45) is -0.164. The van der Waals surface area contributed by atoms with Gasteiger partial charge in [-0.3, -0.25) is 9.59 Å². The lowest BCUT2D eigenvalue weighted by Gasteiger charge is -2.07. The third-order valence-electron chi connectivity index (χ3n) is 2.34. The van der Waals surface area contributed by atoms with Crippen molar-refractivity contribution < 1.29 is 29.0 Å². The van der Waals surface area contributed by atoms with Gasteiger partial charge in [-0.1, -0.05) is 0 Å². The predicted molar refractivity (Wildman–Crippen MR) is 56.0 cm³/mol. The second-order valence-corrected chi connectivity index (χ2v) is 3.42. The number of allylic oxidation sites excluding steroid dienone is 1. The molecule has 0 amide bonds. The molecule has 0 aromatic heterocycles. The molecule has 17 heavy (non-hydrogen) atoms. The molecule has 1 atom stereocenters. The zero-order valence-electron chi connectivity index (χ0n) is 9.69. The molecule has 0 aromatic rings.